The predicted molar refractivity (Wildman–Crippen MR) is 81.8 cm³/mol. The summed E-state index contributed by atoms with van der Waals surface area (Å²) in [5, 5.41) is 25.4. The monoisotopic (exact) mass is 297 g/mol. The van der Waals surface area contributed by atoms with E-state index in [1.807, 2.05) is 11.4 Å². The van der Waals surface area contributed by atoms with E-state index in [4.69, 9.17) is 5.53 Å². The van der Waals surface area contributed by atoms with Gasteiger partial charge in [-0.25, -0.2) is 0 Å². The van der Waals surface area contributed by atoms with Gasteiger partial charge in [-0.15, -0.1) is 11.3 Å². The number of aliphatic hydroxyl groups is 2. The molecule has 1 heterocycles. The fourth-order valence-corrected chi connectivity index (χ4v) is 3.12. The highest BCUT2D eigenvalue weighted by Gasteiger charge is 2.21. The summed E-state index contributed by atoms with van der Waals surface area (Å²) in [5.41, 5.74) is 9.33. The molecular weight excluding hydrogens is 274 g/mol. The summed E-state index contributed by atoms with van der Waals surface area (Å²) < 4.78 is 0. The molecule has 6 heteroatoms. The maximum atomic E-state index is 10.2. The van der Waals surface area contributed by atoms with Crippen molar-refractivity contribution in [2.45, 2.75) is 57.7 Å². The lowest BCUT2D eigenvalue weighted by atomic mass is 10.0. The molecule has 0 bridgehead atoms. The van der Waals surface area contributed by atoms with Crippen LogP contribution in [-0.4, -0.2) is 22.9 Å². The molecule has 0 fully saturated rings. The first-order valence-corrected chi connectivity index (χ1v) is 8.02. The lowest BCUT2D eigenvalue weighted by molar-refractivity contribution is 0.0167. The van der Waals surface area contributed by atoms with Crippen molar-refractivity contribution >= 4 is 11.3 Å². The van der Waals surface area contributed by atoms with Crippen LogP contribution >= 0.6 is 11.3 Å². The number of nitrogens with zero attached hydrogens (tertiary/aromatic N) is 3. The molecule has 20 heavy (non-hydrogen) atoms. The van der Waals surface area contributed by atoms with Gasteiger partial charge in [0.2, 0.25) is 0 Å². The number of unbranched alkanes of at least 4 members (excludes halogenated alkanes) is 3. The fourth-order valence-electron chi connectivity index (χ4n) is 2.12. The molecule has 1 aromatic rings. The first-order chi connectivity index (χ1) is 9.70. The zero-order valence-corrected chi connectivity index (χ0v) is 12.7. The zero-order chi connectivity index (χ0) is 14.8. The molecule has 2 N–H and O–H groups in total. The molecule has 112 valence electrons. The van der Waals surface area contributed by atoms with Gasteiger partial charge in [-0.1, -0.05) is 31.3 Å². The van der Waals surface area contributed by atoms with Gasteiger partial charge < -0.3 is 10.2 Å². The highest BCUT2D eigenvalue weighted by atomic mass is 32.1. The van der Waals surface area contributed by atoms with Crippen LogP contribution < -0.4 is 0 Å². The van der Waals surface area contributed by atoms with Crippen LogP contribution in [0.2, 0.25) is 0 Å². The molecule has 1 rings (SSSR count). The Kier molecular flexibility index (Phi) is 8.30. The minimum absolute atomic E-state index is 0.200. The number of aryl methyl sites for hydroxylation is 1. The number of aliphatic hydroxyl groups excluding tert-OH is 2. The van der Waals surface area contributed by atoms with E-state index in [0.717, 1.165) is 23.3 Å². The third kappa shape index (κ3) is 5.51. The van der Waals surface area contributed by atoms with Crippen molar-refractivity contribution < 1.29 is 10.2 Å². The van der Waals surface area contributed by atoms with Gasteiger partial charge in [-0.3, -0.25) is 0 Å². The van der Waals surface area contributed by atoms with E-state index in [-0.39, 0.29) is 13.0 Å². The first kappa shape index (κ1) is 17.0. The van der Waals surface area contributed by atoms with Gasteiger partial charge in [0, 0.05) is 16.3 Å². The lowest BCUT2D eigenvalue weighted by Crippen LogP contribution is -2.19. The largest absolute Gasteiger partial charge is 0.390 e. The standard InChI is InChI=1S/C14H23N3O2S/c1-2-3-4-5-6-11-8-10-20-14(11)13(19)12(18)7-9-16-17-15/h8,10,12-13,18-19H,2-7,9H2,1H3. The van der Waals surface area contributed by atoms with Gasteiger partial charge in [0.25, 0.3) is 0 Å². The van der Waals surface area contributed by atoms with Crippen molar-refractivity contribution in [2.24, 2.45) is 5.11 Å². The maximum absolute atomic E-state index is 10.2. The van der Waals surface area contributed by atoms with E-state index in [1.165, 1.54) is 30.6 Å². The summed E-state index contributed by atoms with van der Waals surface area (Å²) in [7, 11) is 0. The van der Waals surface area contributed by atoms with E-state index in [0.29, 0.717) is 0 Å². The smallest absolute Gasteiger partial charge is 0.114 e. The average Bonchev–Trinajstić information content (AvgIpc) is 2.91. The third-order valence-corrected chi connectivity index (χ3v) is 4.33. The topological polar surface area (TPSA) is 89.2 Å². The Morgan fingerprint density at radius 2 is 2.15 bits per heavy atom. The molecule has 0 aliphatic carbocycles. The van der Waals surface area contributed by atoms with Crippen LogP contribution in [0.15, 0.2) is 16.6 Å². The number of azide groups is 1. The van der Waals surface area contributed by atoms with Crippen molar-refractivity contribution in [3.05, 3.63) is 32.3 Å². The Labute approximate surface area is 123 Å². The van der Waals surface area contributed by atoms with E-state index < -0.39 is 12.2 Å². The first-order valence-electron chi connectivity index (χ1n) is 7.14. The van der Waals surface area contributed by atoms with Crippen LogP contribution in [0, 0.1) is 0 Å². The van der Waals surface area contributed by atoms with Gasteiger partial charge in [-0.05, 0) is 41.8 Å². The van der Waals surface area contributed by atoms with Gasteiger partial charge in [0.1, 0.15) is 6.10 Å². The van der Waals surface area contributed by atoms with Crippen molar-refractivity contribution in [1.29, 1.82) is 0 Å². The second-order valence-corrected chi connectivity index (χ2v) is 5.82. The summed E-state index contributed by atoms with van der Waals surface area (Å²) >= 11 is 1.48. The van der Waals surface area contributed by atoms with Gasteiger partial charge in [-0.2, -0.15) is 0 Å². The van der Waals surface area contributed by atoms with E-state index in [1.54, 1.807) is 0 Å². The maximum Gasteiger partial charge on any atom is 0.114 e. The second-order valence-electron chi connectivity index (χ2n) is 4.88. The number of hydrogen-bond acceptors (Lipinski definition) is 4. The van der Waals surface area contributed by atoms with Crippen LogP contribution in [0.5, 0.6) is 0 Å². The van der Waals surface area contributed by atoms with Crippen molar-refractivity contribution in [3.63, 3.8) is 0 Å². The SMILES string of the molecule is CCCCCCc1ccsc1C(O)C(O)CCN=[N+]=[N-]. The van der Waals surface area contributed by atoms with Crippen LogP contribution in [0.3, 0.4) is 0 Å². The molecule has 0 aromatic carbocycles. The molecule has 0 saturated carbocycles. The van der Waals surface area contributed by atoms with Crippen LogP contribution in [-0.2, 0) is 6.42 Å². The highest BCUT2D eigenvalue weighted by Crippen LogP contribution is 2.29. The molecule has 2 atom stereocenters. The van der Waals surface area contributed by atoms with Gasteiger partial charge in [0.15, 0.2) is 0 Å². The molecule has 0 aliphatic rings. The lowest BCUT2D eigenvalue weighted by Gasteiger charge is -2.17. The van der Waals surface area contributed by atoms with E-state index in [2.05, 4.69) is 16.9 Å². The van der Waals surface area contributed by atoms with Crippen LogP contribution in [0.1, 0.15) is 55.6 Å². The zero-order valence-electron chi connectivity index (χ0n) is 11.9. The van der Waals surface area contributed by atoms with E-state index in [9.17, 15) is 10.2 Å². The fraction of sp³-hybridized carbons (Fsp3) is 0.714. The van der Waals surface area contributed by atoms with Gasteiger partial charge >= 0.3 is 0 Å². The Hall–Kier alpha value is -1.07. The molecule has 0 radical (unpaired) electrons. The molecule has 1 aromatic heterocycles. The third-order valence-electron chi connectivity index (χ3n) is 3.30. The minimum Gasteiger partial charge on any atom is -0.390 e. The van der Waals surface area contributed by atoms with Crippen molar-refractivity contribution in [2.75, 3.05) is 6.54 Å². The molecule has 0 amide bonds. The molecule has 0 saturated heterocycles. The predicted octanol–water partition coefficient (Wildman–Crippen LogP) is 3.97. The van der Waals surface area contributed by atoms with Crippen molar-refractivity contribution in [1.82, 2.24) is 0 Å². The Morgan fingerprint density at radius 1 is 1.35 bits per heavy atom. The van der Waals surface area contributed by atoms with E-state index >= 15 is 0 Å². The molecule has 0 spiro atoms. The quantitative estimate of drug-likeness (QED) is 0.296. The van der Waals surface area contributed by atoms with Crippen LogP contribution in [0.25, 0.3) is 10.4 Å². The number of hydrogen-bond donors (Lipinski definition) is 2. The van der Waals surface area contributed by atoms with Crippen molar-refractivity contribution in [3.8, 4) is 0 Å². The normalized spacial score (nSPS) is 13.8. The highest BCUT2D eigenvalue weighted by molar-refractivity contribution is 7.10. The molecule has 0 aliphatic heterocycles. The Balaban J connectivity index is 2.52. The molecule has 2 unspecified atom stereocenters. The Morgan fingerprint density at radius 3 is 2.85 bits per heavy atom. The average molecular weight is 297 g/mol. The molecule has 5 nitrogen and oxygen atoms in total. The second kappa shape index (κ2) is 9.77. The number of rotatable bonds is 10. The summed E-state index contributed by atoms with van der Waals surface area (Å²) in [6, 6.07) is 2.02. The molecular formula is C14H23N3O2S. The van der Waals surface area contributed by atoms with Gasteiger partial charge in [0.05, 0.1) is 6.10 Å². The Bertz CT molecular complexity index is 430. The van der Waals surface area contributed by atoms with Crippen LogP contribution in [0.4, 0.5) is 0 Å². The minimum atomic E-state index is -0.884. The summed E-state index contributed by atoms with van der Waals surface area (Å²) in [4.78, 5) is 3.48. The summed E-state index contributed by atoms with van der Waals surface area (Å²) in [6.45, 7) is 2.38. The number of thiophene rings is 1. The summed E-state index contributed by atoms with van der Waals surface area (Å²) in [6.07, 6.45) is 4.20. The summed E-state index contributed by atoms with van der Waals surface area (Å²) in [5.74, 6) is 0.